The third-order valence-corrected chi connectivity index (χ3v) is 4.26. The van der Waals surface area contributed by atoms with Crippen molar-refractivity contribution in [1.82, 2.24) is 4.90 Å². The lowest BCUT2D eigenvalue weighted by molar-refractivity contribution is 0.259. The standard InChI is InChI=1S/C15H22N2/c1-12-5-4-10-17(12)11-13-6-2-8-15-14(13)7-3-9-16-15/h2,6,8,12,16H,3-5,7,9-11H2,1H3. The van der Waals surface area contributed by atoms with Crippen LogP contribution < -0.4 is 5.32 Å². The molecule has 1 N–H and O–H groups in total. The van der Waals surface area contributed by atoms with Gasteiger partial charge in [0.1, 0.15) is 0 Å². The number of rotatable bonds is 2. The van der Waals surface area contributed by atoms with Gasteiger partial charge in [-0.25, -0.2) is 0 Å². The summed E-state index contributed by atoms with van der Waals surface area (Å²) in [6.45, 7) is 5.92. The Bertz CT molecular complexity index is 400. The van der Waals surface area contributed by atoms with Crippen molar-refractivity contribution in [1.29, 1.82) is 0 Å². The molecule has 1 fully saturated rings. The van der Waals surface area contributed by atoms with Crippen LogP contribution in [0, 0.1) is 0 Å². The van der Waals surface area contributed by atoms with Crippen molar-refractivity contribution in [2.75, 3.05) is 18.4 Å². The van der Waals surface area contributed by atoms with E-state index >= 15 is 0 Å². The van der Waals surface area contributed by atoms with Gasteiger partial charge in [0.25, 0.3) is 0 Å². The molecule has 0 radical (unpaired) electrons. The molecule has 0 aliphatic carbocycles. The van der Waals surface area contributed by atoms with Crippen molar-refractivity contribution in [3.63, 3.8) is 0 Å². The van der Waals surface area contributed by atoms with Crippen LogP contribution in [-0.2, 0) is 13.0 Å². The van der Waals surface area contributed by atoms with Crippen LogP contribution >= 0.6 is 0 Å². The minimum absolute atomic E-state index is 0.766. The Labute approximate surface area is 104 Å². The molecule has 1 aromatic rings. The Morgan fingerprint density at radius 3 is 3.12 bits per heavy atom. The molecule has 3 rings (SSSR count). The maximum atomic E-state index is 3.52. The lowest BCUT2D eigenvalue weighted by Gasteiger charge is -2.26. The molecule has 1 unspecified atom stereocenters. The van der Waals surface area contributed by atoms with E-state index in [0.717, 1.165) is 19.1 Å². The predicted molar refractivity (Wildman–Crippen MR) is 72.4 cm³/mol. The largest absolute Gasteiger partial charge is 0.385 e. The smallest absolute Gasteiger partial charge is 0.0375 e. The first-order valence-electron chi connectivity index (χ1n) is 6.93. The van der Waals surface area contributed by atoms with Crippen molar-refractivity contribution < 1.29 is 0 Å². The summed E-state index contributed by atoms with van der Waals surface area (Å²) in [5.41, 5.74) is 4.49. The summed E-state index contributed by atoms with van der Waals surface area (Å²) in [5.74, 6) is 0. The number of hydrogen-bond donors (Lipinski definition) is 1. The number of benzene rings is 1. The molecule has 1 saturated heterocycles. The van der Waals surface area contributed by atoms with Crippen molar-refractivity contribution in [3.05, 3.63) is 29.3 Å². The SMILES string of the molecule is CC1CCCN1Cc1cccc2c1CCCN2. The zero-order valence-electron chi connectivity index (χ0n) is 10.7. The van der Waals surface area contributed by atoms with Gasteiger partial charge in [-0.1, -0.05) is 12.1 Å². The first kappa shape index (κ1) is 11.1. The molecular formula is C15H22N2. The van der Waals surface area contributed by atoms with Gasteiger partial charge in [0.15, 0.2) is 0 Å². The summed E-state index contributed by atoms with van der Waals surface area (Å²) >= 11 is 0. The average Bonchev–Trinajstić information content (AvgIpc) is 2.76. The summed E-state index contributed by atoms with van der Waals surface area (Å²) < 4.78 is 0. The molecule has 2 aliphatic heterocycles. The van der Waals surface area contributed by atoms with E-state index in [1.165, 1.54) is 37.9 Å². The van der Waals surface area contributed by atoms with E-state index in [1.807, 2.05) is 0 Å². The van der Waals surface area contributed by atoms with E-state index in [9.17, 15) is 0 Å². The third-order valence-electron chi connectivity index (χ3n) is 4.26. The molecule has 2 heteroatoms. The van der Waals surface area contributed by atoms with E-state index in [0.29, 0.717) is 0 Å². The number of fused-ring (bicyclic) bond motifs is 1. The molecule has 17 heavy (non-hydrogen) atoms. The molecule has 1 aromatic carbocycles. The third kappa shape index (κ3) is 2.19. The Morgan fingerprint density at radius 1 is 1.35 bits per heavy atom. The molecule has 0 amide bonds. The minimum atomic E-state index is 0.766. The van der Waals surface area contributed by atoms with Crippen LogP contribution in [0.5, 0.6) is 0 Å². The summed E-state index contributed by atoms with van der Waals surface area (Å²) in [6, 6.07) is 7.51. The molecule has 0 saturated carbocycles. The second-order valence-electron chi connectivity index (χ2n) is 5.44. The quantitative estimate of drug-likeness (QED) is 0.840. The Kier molecular flexibility index (Phi) is 3.06. The maximum Gasteiger partial charge on any atom is 0.0375 e. The lowest BCUT2D eigenvalue weighted by Crippen LogP contribution is -2.27. The molecule has 92 valence electrons. The van der Waals surface area contributed by atoms with Gasteiger partial charge in [-0.3, -0.25) is 4.90 Å². The number of nitrogens with zero attached hydrogens (tertiary/aromatic N) is 1. The van der Waals surface area contributed by atoms with Gasteiger partial charge in [0.2, 0.25) is 0 Å². The average molecular weight is 230 g/mol. The number of nitrogens with one attached hydrogen (secondary N) is 1. The van der Waals surface area contributed by atoms with Gasteiger partial charge >= 0.3 is 0 Å². The zero-order valence-corrected chi connectivity index (χ0v) is 10.7. The Balaban J connectivity index is 1.82. The summed E-state index contributed by atoms with van der Waals surface area (Å²) in [5, 5.41) is 3.52. The fourth-order valence-corrected chi connectivity index (χ4v) is 3.18. The van der Waals surface area contributed by atoms with Crippen LogP contribution in [0.15, 0.2) is 18.2 Å². The van der Waals surface area contributed by atoms with Crippen molar-refractivity contribution >= 4 is 5.69 Å². The molecular weight excluding hydrogens is 208 g/mol. The highest BCUT2D eigenvalue weighted by Gasteiger charge is 2.22. The second-order valence-corrected chi connectivity index (χ2v) is 5.44. The van der Waals surface area contributed by atoms with Crippen molar-refractivity contribution in [2.24, 2.45) is 0 Å². The van der Waals surface area contributed by atoms with E-state index in [2.05, 4.69) is 35.3 Å². The molecule has 0 aromatic heterocycles. The van der Waals surface area contributed by atoms with Gasteiger partial charge < -0.3 is 5.32 Å². The van der Waals surface area contributed by atoms with Crippen LogP contribution in [0.25, 0.3) is 0 Å². The highest BCUT2D eigenvalue weighted by Crippen LogP contribution is 2.28. The predicted octanol–water partition coefficient (Wildman–Crippen LogP) is 3.03. The van der Waals surface area contributed by atoms with Crippen LogP contribution in [0.2, 0.25) is 0 Å². The Morgan fingerprint density at radius 2 is 2.29 bits per heavy atom. The van der Waals surface area contributed by atoms with Crippen LogP contribution in [0.3, 0.4) is 0 Å². The van der Waals surface area contributed by atoms with Gasteiger partial charge in [-0.2, -0.15) is 0 Å². The molecule has 2 aliphatic rings. The normalized spacial score (nSPS) is 24.4. The summed E-state index contributed by atoms with van der Waals surface area (Å²) in [7, 11) is 0. The summed E-state index contributed by atoms with van der Waals surface area (Å²) in [4.78, 5) is 2.63. The van der Waals surface area contributed by atoms with E-state index in [4.69, 9.17) is 0 Å². The minimum Gasteiger partial charge on any atom is -0.385 e. The number of hydrogen-bond acceptors (Lipinski definition) is 2. The molecule has 0 spiro atoms. The van der Waals surface area contributed by atoms with E-state index in [-0.39, 0.29) is 0 Å². The van der Waals surface area contributed by atoms with Gasteiger partial charge in [-0.15, -0.1) is 0 Å². The van der Waals surface area contributed by atoms with Gasteiger partial charge in [-0.05, 0) is 56.3 Å². The lowest BCUT2D eigenvalue weighted by atomic mass is 9.97. The van der Waals surface area contributed by atoms with Crippen molar-refractivity contribution in [3.8, 4) is 0 Å². The fraction of sp³-hybridized carbons (Fsp3) is 0.600. The molecule has 2 nitrogen and oxygen atoms in total. The number of likely N-dealkylation sites (tertiary alicyclic amines) is 1. The van der Waals surface area contributed by atoms with E-state index in [1.54, 1.807) is 11.1 Å². The molecule has 1 atom stereocenters. The first-order chi connectivity index (χ1) is 8.34. The van der Waals surface area contributed by atoms with Crippen LogP contribution in [0.4, 0.5) is 5.69 Å². The summed E-state index contributed by atoms with van der Waals surface area (Å²) in [6.07, 6.45) is 5.27. The van der Waals surface area contributed by atoms with E-state index < -0.39 is 0 Å². The topological polar surface area (TPSA) is 15.3 Å². The fourth-order valence-electron chi connectivity index (χ4n) is 3.18. The Hall–Kier alpha value is -1.02. The molecule has 0 bridgehead atoms. The first-order valence-corrected chi connectivity index (χ1v) is 6.93. The van der Waals surface area contributed by atoms with Crippen LogP contribution in [0.1, 0.15) is 37.3 Å². The van der Waals surface area contributed by atoms with Crippen molar-refractivity contribution in [2.45, 2.75) is 45.2 Å². The van der Waals surface area contributed by atoms with Gasteiger partial charge in [0, 0.05) is 24.8 Å². The monoisotopic (exact) mass is 230 g/mol. The van der Waals surface area contributed by atoms with Crippen LogP contribution in [-0.4, -0.2) is 24.0 Å². The second kappa shape index (κ2) is 4.69. The number of anilines is 1. The molecule has 2 heterocycles. The maximum absolute atomic E-state index is 3.52. The van der Waals surface area contributed by atoms with Gasteiger partial charge in [0.05, 0.1) is 0 Å². The highest BCUT2D eigenvalue weighted by atomic mass is 15.2. The highest BCUT2D eigenvalue weighted by molar-refractivity contribution is 5.56. The zero-order chi connectivity index (χ0) is 11.7.